The fraction of sp³-hybridized carbons (Fsp3) is 0.0625. The lowest BCUT2D eigenvalue weighted by Gasteiger charge is -1.91. The number of rotatable bonds is 6. The van der Waals surface area contributed by atoms with Gasteiger partial charge in [-0.1, -0.05) is 24.8 Å². The summed E-state index contributed by atoms with van der Waals surface area (Å²) in [7, 11) is 1.68. The molecule has 0 aliphatic carbocycles. The van der Waals surface area contributed by atoms with Crippen LogP contribution in [-0.2, 0) is 4.79 Å². The first-order chi connectivity index (χ1) is 9.26. The van der Waals surface area contributed by atoms with Crippen LogP contribution in [0.5, 0.6) is 0 Å². The summed E-state index contributed by atoms with van der Waals surface area (Å²) in [5, 5.41) is 0. The summed E-state index contributed by atoms with van der Waals surface area (Å²) in [5.41, 5.74) is 1.77. The second kappa shape index (κ2) is 8.53. The van der Waals surface area contributed by atoms with Crippen LogP contribution in [0.4, 0.5) is 0 Å². The number of carbonyl (C=O) groups excluding carboxylic acids is 1. The first kappa shape index (κ1) is 14.5. The largest absolute Gasteiger partial charge is 0.296 e. The van der Waals surface area contributed by atoms with E-state index in [1.807, 2.05) is 12.1 Å². The van der Waals surface area contributed by atoms with Gasteiger partial charge >= 0.3 is 0 Å². The van der Waals surface area contributed by atoms with Crippen molar-refractivity contribution in [1.82, 2.24) is 4.98 Å². The number of aromatic nitrogens is 1. The molecule has 0 amide bonds. The molecule has 0 aromatic carbocycles. The second-order valence-electron chi connectivity index (χ2n) is 3.63. The Morgan fingerprint density at radius 3 is 2.63 bits per heavy atom. The van der Waals surface area contributed by atoms with Gasteiger partial charge in [0.15, 0.2) is 5.78 Å². The Bertz CT molecular complexity index is 537. The fourth-order valence-electron chi connectivity index (χ4n) is 1.24. The summed E-state index contributed by atoms with van der Waals surface area (Å²) in [5.74, 6) is -0.0852. The molecule has 0 bridgehead atoms. The quantitative estimate of drug-likeness (QED) is 0.443. The highest BCUT2D eigenvalue weighted by Crippen LogP contribution is 2.01. The Balaban J connectivity index is 2.65. The highest BCUT2D eigenvalue weighted by Gasteiger charge is 1.90. The van der Waals surface area contributed by atoms with Crippen LogP contribution in [0.2, 0.25) is 0 Å². The van der Waals surface area contributed by atoms with Crippen molar-refractivity contribution in [2.75, 3.05) is 7.05 Å². The van der Waals surface area contributed by atoms with Crippen LogP contribution in [0.15, 0.2) is 72.1 Å². The van der Waals surface area contributed by atoms with Gasteiger partial charge in [-0.3, -0.25) is 14.8 Å². The highest BCUT2D eigenvalue weighted by atomic mass is 16.1. The maximum atomic E-state index is 11.6. The molecule has 0 saturated heterocycles. The highest BCUT2D eigenvalue weighted by molar-refractivity contribution is 6.02. The van der Waals surface area contributed by atoms with E-state index >= 15 is 0 Å². The third kappa shape index (κ3) is 6.07. The van der Waals surface area contributed by atoms with E-state index in [2.05, 4.69) is 16.6 Å². The van der Waals surface area contributed by atoms with Crippen molar-refractivity contribution >= 4 is 18.1 Å². The van der Waals surface area contributed by atoms with E-state index in [-0.39, 0.29) is 5.78 Å². The summed E-state index contributed by atoms with van der Waals surface area (Å²) < 4.78 is 0. The molecule has 96 valence electrons. The molecule has 1 heterocycles. The normalized spacial score (nSPS) is 12.6. The van der Waals surface area contributed by atoms with Crippen LogP contribution >= 0.6 is 0 Å². The van der Waals surface area contributed by atoms with Gasteiger partial charge in [0.2, 0.25) is 0 Å². The standard InChI is InChI=1S/C16H16N2O/c1-3-14(8-11-17-2)4-6-16(19)7-5-15-9-12-18-13-10-15/h3-13H,1H2,2H3/b6-4+,7-5+,14-8+,17-11?. The molecule has 0 aliphatic rings. The molecular formula is C16H16N2O. The van der Waals surface area contributed by atoms with Gasteiger partial charge in [0.05, 0.1) is 0 Å². The minimum atomic E-state index is -0.0852. The topological polar surface area (TPSA) is 42.3 Å². The zero-order valence-electron chi connectivity index (χ0n) is 10.9. The van der Waals surface area contributed by atoms with E-state index in [4.69, 9.17) is 0 Å². The summed E-state index contributed by atoms with van der Waals surface area (Å²) >= 11 is 0. The molecule has 1 aromatic heterocycles. The molecule has 0 unspecified atom stereocenters. The molecule has 0 atom stereocenters. The first-order valence-corrected chi connectivity index (χ1v) is 5.81. The van der Waals surface area contributed by atoms with Crippen LogP contribution in [0.25, 0.3) is 6.08 Å². The molecule has 1 rings (SSSR count). The van der Waals surface area contributed by atoms with Crippen molar-refractivity contribution in [2.24, 2.45) is 4.99 Å². The van der Waals surface area contributed by atoms with Crippen molar-refractivity contribution in [3.8, 4) is 0 Å². The lowest BCUT2D eigenvalue weighted by atomic mass is 10.2. The van der Waals surface area contributed by atoms with Crippen molar-refractivity contribution in [1.29, 1.82) is 0 Å². The molecule has 3 heteroatoms. The number of nitrogens with zero attached hydrogens (tertiary/aromatic N) is 2. The van der Waals surface area contributed by atoms with Gasteiger partial charge in [0, 0.05) is 25.7 Å². The minimum Gasteiger partial charge on any atom is -0.296 e. The predicted octanol–water partition coefficient (Wildman–Crippen LogP) is 3.03. The Hall–Kier alpha value is -2.55. The van der Waals surface area contributed by atoms with Crippen LogP contribution < -0.4 is 0 Å². The van der Waals surface area contributed by atoms with E-state index in [9.17, 15) is 4.79 Å². The molecule has 0 fully saturated rings. The van der Waals surface area contributed by atoms with Crippen molar-refractivity contribution in [3.05, 3.63) is 72.6 Å². The number of pyridine rings is 1. The Morgan fingerprint density at radius 1 is 1.26 bits per heavy atom. The average Bonchev–Trinajstić information content (AvgIpc) is 2.46. The van der Waals surface area contributed by atoms with Crippen LogP contribution in [0, 0.1) is 0 Å². The van der Waals surface area contributed by atoms with E-state index in [0.717, 1.165) is 11.1 Å². The summed E-state index contributed by atoms with van der Waals surface area (Å²) in [6.45, 7) is 3.67. The molecule has 19 heavy (non-hydrogen) atoms. The van der Waals surface area contributed by atoms with Gasteiger partial charge in [0.25, 0.3) is 0 Å². The molecule has 1 aromatic rings. The number of ketones is 1. The maximum Gasteiger partial charge on any atom is 0.178 e. The lowest BCUT2D eigenvalue weighted by molar-refractivity contribution is -0.110. The lowest BCUT2D eigenvalue weighted by Crippen LogP contribution is -1.86. The molecular weight excluding hydrogens is 236 g/mol. The van der Waals surface area contributed by atoms with Gasteiger partial charge < -0.3 is 0 Å². The van der Waals surface area contributed by atoms with Crippen LogP contribution in [0.3, 0.4) is 0 Å². The predicted molar refractivity (Wildman–Crippen MR) is 80.1 cm³/mol. The van der Waals surface area contributed by atoms with Crippen molar-refractivity contribution in [3.63, 3.8) is 0 Å². The van der Waals surface area contributed by atoms with Crippen molar-refractivity contribution < 1.29 is 4.79 Å². The van der Waals surface area contributed by atoms with Crippen molar-refractivity contribution in [2.45, 2.75) is 0 Å². The summed E-state index contributed by atoms with van der Waals surface area (Å²) in [6.07, 6.45) is 14.9. The van der Waals surface area contributed by atoms with E-state index in [0.29, 0.717) is 0 Å². The Morgan fingerprint density at radius 2 is 2.00 bits per heavy atom. The minimum absolute atomic E-state index is 0.0852. The molecule has 0 spiro atoms. The zero-order chi connectivity index (χ0) is 13.9. The number of allylic oxidation sites excluding steroid dienone is 6. The zero-order valence-corrected chi connectivity index (χ0v) is 10.9. The SMILES string of the molecule is C=CC(/C=C/C(=O)/C=C/c1ccncc1)=C\C=NC. The summed E-state index contributed by atoms with van der Waals surface area (Å²) in [6, 6.07) is 3.67. The van der Waals surface area contributed by atoms with E-state index in [1.54, 1.807) is 50.0 Å². The monoisotopic (exact) mass is 252 g/mol. The third-order valence-electron chi connectivity index (χ3n) is 2.24. The number of hydrogen-bond acceptors (Lipinski definition) is 3. The van der Waals surface area contributed by atoms with Crippen LogP contribution in [0.1, 0.15) is 5.56 Å². The van der Waals surface area contributed by atoms with Gasteiger partial charge in [-0.15, -0.1) is 0 Å². The van der Waals surface area contributed by atoms with E-state index < -0.39 is 0 Å². The summed E-state index contributed by atoms with van der Waals surface area (Å²) in [4.78, 5) is 19.4. The Kier molecular flexibility index (Phi) is 6.51. The van der Waals surface area contributed by atoms with E-state index in [1.165, 1.54) is 12.2 Å². The third-order valence-corrected chi connectivity index (χ3v) is 2.24. The maximum absolute atomic E-state index is 11.6. The molecule has 0 saturated carbocycles. The molecule has 0 N–H and O–H groups in total. The van der Waals surface area contributed by atoms with Gasteiger partial charge in [0.1, 0.15) is 0 Å². The average molecular weight is 252 g/mol. The number of carbonyl (C=O) groups is 1. The Labute approximate surface area is 113 Å². The molecule has 0 radical (unpaired) electrons. The first-order valence-electron chi connectivity index (χ1n) is 5.81. The molecule has 3 nitrogen and oxygen atoms in total. The smallest absolute Gasteiger partial charge is 0.178 e. The van der Waals surface area contributed by atoms with Crippen LogP contribution in [-0.4, -0.2) is 24.0 Å². The fourth-order valence-corrected chi connectivity index (χ4v) is 1.24. The number of aliphatic imine (C=N–C) groups is 1. The second-order valence-corrected chi connectivity index (χ2v) is 3.63. The van der Waals surface area contributed by atoms with Gasteiger partial charge in [-0.05, 0) is 41.5 Å². The van der Waals surface area contributed by atoms with Gasteiger partial charge in [-0.25, -0.2) is 0 Å². The molecule has 0 aliphatic heterocycles. The van der Waals surface area contributed by atoms with Gasteiger partial charge in [-0.2, -0.15) is 0 Å². The number of hydrogen-bond donors (Lipinski definition) is 0.